The van der Waals surface area contributed by atoms with E-state index in [9.17, 15) is 9.18 Å². The SMILES string of the molecule is COc1ccc(F)c(-n2nc(C(=O)O)cc2C)c1. The van der Waals surface area contributed by atoms with Gasteiger partial charge in [-0.15, -0.1) is 0 Å². The highest BCUT2D eigenvalue weighted by Gasteiger charge is 2.14. The predicted octanol–water partition coefficient (Wildman–Crippen LogP) is 2.03. The maximum Gasteiger partial charge on any atom is 0.356 e. The van der Waals surface area contributed by atoms with Crippen LogP contribution in [0.3, 0.4) is 0 Å². The molecule has 0 saturated heterocycles. The number of halogens is 1. The number of hydrogen-bond acceptors (Lipinski definition) is 3. The zero-order valence-electron chi connectivity index (χ0n) is 9.85. The van der Waals surface area contributed by atoms with Crippen LogP contribution in [0, 0.1) is 12.7 Å². The lowest BCUT2D eigenvalue weighted by Gasteiger charge is -2.07. The van der Waals surface area contributed by atoms with Crippen LogP contribution in [-0.4, -0.2) is 28.0 Å². The van der Waals surface area contributed by atoms with Gasteiger partial charge in [0.1, 0.15) is 17.3 Å². The fraction of sp³-hybridized carbons (Fsp3) is 0.167. The quantitative estimate of drug-likeness (QED) is 0.905. The second-order valence-corrected chi connectivity index (χ2v) is 3.71. The fourth-order valence-electron chi connectivity index (χ4n) is 1.60. The number of hydrogen-bond donors (Lipinski definition) is 1. The van der Waals surface area contributed by atoms with E-state index >= 15 is 0 Å². The Balaban J connectivity index is 2.57. The third kappa shape index (κ3) is 2.04. The molecule has 1 N–H and O–H groups in total. The van der Waals surface area contributed by atoms with Gasteiger partial charge in [0, 0.05) is 11.8 Å². The first-order valence-corrected chi connectivity index (χ1v) is 5.17. The van der Waals surface area contributed by atoms with Crippen molar-refractivity contribution in [1.29, 1.82) is 0 Å². The maximum absolute atomic E-state index is 13.7. The Kier molecular flexibility index (Phi) is 3.01. The average Bonchev–Trinajstić information content (AvgIpc) is 2.72. The second kappa shape index (κ2) is 4.48. The topological polar surface area (TPSA) is 64.4 Å². The summed E-state index contributed by atoms with van der Waals surface area (Å²) < 4.78 is 20.0. The van der Waals surface area contributed by atoms with E-state index < -0.39 is 11.8 Å². The molecule has 0 spiro atoms. The van der Waals surface area contributed by atoms with Crippen LogP contribution < -0.4 is 4.74 Å². The van der Waals surface area contributed by atoms with Crippen LogP contribution >= 0.6 is 0 Å². The summed E-state index contributed by atoms with van der Waals surface area (Å²) in [5.74, 6) is -1.18. The normalized spacial score (nSPS) is 10.4. The van der Waals surface area contributed by atoms with E-state index in [1.165, 1.54) is 36.1 Å². The fourth-order valence-corrected chi connectivity index (χ4v) is 1.60. The highest BCUT2D eigenvalue weighted by molar-refractivity contribution is 5.85. The number of ether oxygens (including phenoxy) is 1. The summed E-state index contributed by atoms with van der Waals surface area (Å²) in [4.78, 5) is 10.8. The molecule has 0 saturated carbocycles. The molecule has 1 aromatic carbocycles. The van der Waals surface area contributed by atoms with Crippen LogP contribution in [-0.2, 0) is 0 Å². The van der Waals surface area contributed by atoms with Gasteiger partial charge in [-0.25, -0.2) is 13.9 Å². The zero-order chi connectivity index (χ0) is 13.3. The number of methoxy groups -OCH3 is 1. The molecule has 0 bridgehead atoms. The summed E-state index contributed by atoms with van der Waals surface area (Å²) in [7, 11) is 1.47. The Morgan fingerprint density at radius 2 is 2.17 bits per heavy atom. The van der Waals surface area contributed by atoms with Gasteiger partial charge in [-0.1, -0.05) is 0 Å². The Morgan fingerprint density at radius 1 is 1.44 bits per heavy atom. The second-order valence-electron chi connectivity index (χ2n) is 3.71. The molecule has 18 heavy (non-hydrogen) atoms. The molecular formula is C12H11FN2O3. The van der Waals surface area contributed by atoms with Crippen molar-refractivity contribution in [1.82, 2.24) is 9.78 Å². The van der Waals surface area contributed by atoms with Gasteiger partial charge >= 0.3 is 5.97 Å². The molecule has 0 radical (unpaired) electrons. The van der Waals surface area contributed by atoms with E-state index in [-0.39, 0.29) is 11.4 Å². The minimum Gasteiger partial charge on any atom is -0.497 e. The highest BCUT2D eigenvalue weighted by Crippen LogP contribution is 2.21. The smallest absolute Gasteiger partial charge is 0.356 e. The van der Waals surface area contributed by atoms with Crippen LogP contribution in [0.5, 0.6) is 5.75 Å². The zero-order valence-corrected chi connectivity index (χ0v) is 9.85. The van der Waals surface area contributed by atoms with Crippen molar-refractivity contribution >= 4 is 5.97 Å². The van der Waals surface area contributed by atoms with Crippen LogP contribution in [0.2, 0.25) is 0 Å². The lowest BCUT2D eigenvalue weighted by molar-refractivity contribution is 0.0690. The molecule has 0 aliphatic heterocycles. The standard InChI is InChI=1S/C12H11FN2O3/c1-7-5-10(12(16)17)14-15(7)11-6-8(18-2)3-4-9(11)13/h3-6H,1-2H3,(H,16,17). The van der Waals surface area contributed by atoms with Gasteiger partial charge in [-0.2, -0.15) is 5.10 Å². The molecule has 0 unspecified atom stereocenters. The lowest BCUT2D eigenvalue weighted by Crippen LogP contribution is -2.04. The molecule has 0 fully saturated rings. The van der Waals surface area contributed by atoms with Gasteiger partial charge in [0.15, 0.2) is 5.69 Å². The van der Waals surface area contributed by atoms with Crippen LogP contribution in [0.1, 0.15) is 16.2 Å². The molecule has 2 aromatic rings. The molecule has 0 aliphatic rings. The Hall–Kier alpha value is -2.37. The van der Waals surface area contributed by atoms with Crippen molar-refractivity contribution in [3.8, 4) is 11.4 Å². The van der Waals surface area contributed by atoms with E-state index in [1.807, 2.05) is 0 Å². The van der Waals surface area contributed by atoms with Gasteiger partial charge in [-0.3, -0.25) is 0 Å². The number of carboxylic acids is 1. The molecule has 5 nitrogen and oxygen atoms in total. The molecule has 1 aromatic heterocycles. The third-order valence-electron chi connectivity index (χ3n) is 2.49. The molecule has 94 valence electrons. The molecule has 6 heteroatoms. The largest absolute Gasteiger partial charge is 0.497 e. The van der Waals surface area contributed by atoms with Crippen molar-refractivity contribution in [3.05, 3.63) is 41.5 Å². The van der Waals surface area contributed by atoms with Gasteiger partial charge in [0.2, 0.25) is 0 Å². The van der Waals surface area contributed by atoms with Crippen LogP contribution in [0.4, 0.5) is 4.39 Å². The van der Waals surface area contributed by atoms with Gasteiger partial charge < -0.3 is 9.84 Å². The first-order chi connectivity index (χ1) is 8.52. The van der Waals surface area contributed by atoms with E-state index in [1.54, 1.807) is 6.92 Å². The van der Waals surface area contributed by atoms with Crippen molar-refractivity contribution in [2.45, 2.75) is 6.92 Å². The van der Waals surface area contributed by atoms with Gasteiger partial charge in [-0.05, 0) is 25.1 Å². The number of carbonyl (C=O) groups is 1. The molecule has 0 amide bonds. The van der Waals surface area contributed by atoms with Crippen molar-refractivity contribution < 1.29 is 19.0 Å². The predicted molar refractivity (Wildman–Crippen MR) is 61.8 cm³/mol. The molecule has 2 rings (SSSR count). The number of benzene rings is 1. The Morgan fingerprint density at radius 3 is 2.72 bits per heavy atom. The first-order valence-electron chi connectivity index (χ1n) is 5.17. The molecule has 1 heterocycles. The summed E-state index contributed by atoms with van der Waals surface area (Å²) in [6, 6.07) is 5.56. The van der Waals surface area contributed by atoms with Gasteiger partial charge in [0.05, 0.1) is 7.11 Å². The van der Waals surface area contributed by atoms with Crippen molar-refractivity contribution in [2.75, 3.05) is 7.11 Å². The van der Waals surface area contributed by atoms with Crippen molar-refractivity contribution in [2.24, 2.45) is 0 Å². The van der Waals surface area contributed by atoms with E-state index in [0.717, 1.165) is 0 Å². The number of nitrogens with zero attached hydrogens (tertiary/aromatic N) is 2. The molecule has 0 aliphatic carbocycles. The summed E-state index contributed by atoms with van der Waals surface area (Å²) in [6.45, 7) is 1.65. The Bertz CT molecular complexity index is 607. The molecular weight excluding hydrogens is 239 g/mol. The Labute approximate surface area is 102 Å². The average molecular weight is 250 g/mol. The number of aromatic carboxylic acids is 1. The number of carboxylic acid groups (broad SMARTS) is 1. The van der Waals surface area contributed by atoms with Gasteiger partial charge in [0.25, 0.3) is 0 Å². The summed E-state index contributed by atoms with van der Waals surface area (Å²) >= 11 is 0. The minimum atomic E-state index is -1.15. The van der Waals surface area contributed by atoms with Crippen LogP contribution in [0.25, 0.3) is 5.69 Å². The van der Waals surface area contributed by atoms with E-state index in [4.69, 9.17) is 9.84 Å². The first kappa shape index (κ1) is 12.1. The van der Waals surface area contributed by atoms with Crippen molar-refractivity contribution in [3.63, 3.8) is 0 Å². The highest BCUT2D eigenvalue weighted by atomic mass is 19.1. The summed E-state index contributed by atoms with van der Waals surface area (Å²) in [6.07, 6.45) is 0. The lowest BCUT2D eigenvalue weighted by atomic mass is 10.3. The number of aromatic nitrogens is 2. The maximum atomic E-state index is 13.7. The van der Waals surface area contributed by atoms with Crippen LogP contribution in [0.15, 0.2) is 24.3 Å². The van der Waals surface area contributed by atoms with E-state index in [2.05, 4.69) is 5.10 Å². The monoisotopic (exact) mass is 250 g/mol. The van der Waals surface area contributed by atoms with E-state index in [0.29, 0.717) is 11.4 Å². The third-order valence-corrected chi connectivity index (χ3v) is 2.49. The minimum absolute atomic E-state index is 0.130. The summed E-state index contributed by atoms with van der Waals surface area (Å²) in [5, 5.41) is 12.7. The number of aryl methyl sites for hydroxylation is 1. The summed E-state index contributed by atoms with van der Waals surface area (Å²) in [5.41, 5.74) is 0.550. The number of rotatable bonds is 3. The molecule has 0 atom stereocenters.